The molecule has 3 heterocycles. The molecule has 0 radical (unpaired) electrons. The van der Waals surface area contributed by atoms with Crippen molar-refractivity contribution in [1.82, 2.24) is 4.90 Å². The number of hydrogen-bond acceptors (Lipinski definition) is 4. The van der Waals surface area contributed by atoms with Gasteiger partial charge in [-0.25, -0.2) is 4.39 Å². The lowest BCUT2D eigenvalue weighted by molar-refractivity contribution is -0.123. The highest BCUT2D eigenvalue weighted by Gasteiger charge is 2.59. The number of thioether (sulfide) groups is 1. The largest absolute Gasteiger partial charge is 0.459 e. The predicted molar refractivity (Wildman–Crippen MR) is 108 cm³/mol. The number of nitrogens with zero attached hydrogens (tertiary/aromatic N) is 2. The fourth-order valence-corrected chi connectivity index (χ4v) is 5.49. The van der Waals surface area contributed by atoms with Gasteiger partial charge in [0.1, 0.15) is 5.82 Å². The van der Waals surface area contributed by atoms with E-state index in [4.69, 9.17) is 4.42 Å². The lowest BCUT2D eigenvalue weighted by atomic mass is 10.1. The number of carbonyl (C=O) groups excluding carboxylic acids is 2. The molecular formula is C22H17FN2O3S. The first-order valence-electron chi connectivity index (χ1n) is 9.26. The van der Waals surface area contributed by atoms with Gasteiger partial charge in [0, 0.05) is 17.9 Å². The Morgan fingerprint density at radius 1 is 1.10 bits per heavy atom. The number of carbonyl (C=O) groups is 2. The van der Waals surface area contributed by atoms with E-state index in [0.717, 1.165) is 16.8 Å². The Kier molecular flexibility index (Phi) is 4.20. The Morgan fingerprint density at radius 3 is 2.66 bits per heavy atom. The van der Waals surface area contributed by atoms with Crippen molar-refractivity contribution in [2.45, 2.75) is 11.4 Å². The fourth-order valence-electron chi connectivity index (χ4n) is 4.03. The van der Waals surface area contributed by atoms with Crippen molar-refractivity contribution >= 4 is 29.3 Å². The number of halogens is 1. The van der Waals surface area contributed by atoms with Crippen LogP contribution in [-0.2, 0) is 16.2 Å². The Hall–Kier alpha value is -3.06. The van der Waals surface area contributed by atoms with Gasteiger partial charge in [-0.3, -0.25) is 9.59 Å². The molecule has 0 unspecified atom stereocenters. The lowest BCUT2D eigenvalue weighted by Crippen LogP contribution is -2.50. The average molecular weight is 408 g/mol. The summed E-state index contributed by atoms with van der Waals surface area (Å²) in [6.07, 6.45) is 1.45. The Bertz CT molecular complexity index is 1080. The van der Waals surface area contributed by atoms with Crippen molar-refractivity contribution in [2.75, 3.05) is 17.2 Å². The van der Waals surface area contributed by atoms with E-state index in [-0.39, 0.29) is 23.4 Å². The van der Waals surface area contributed by atoms with Gasteiger partial charge >= 0.3 is 0 Å². The molecule has 0 bridgehead atoms. The molecule has 1 saturated heterocycles. The molecule has 1 aromatic heterocycles. The van der Waals surface area contributed by atoms with Crippen molar-refractivity contribution in [1.29, 1.82) is 0 Å². The summed E-state index contributed by atoms with van der Waals surface area (Å²) < 4.78 is 18.6. The molecule has 3 aromatic rings. The van der Waals surface area contributed by atoms with E-state index in [2.05, 4.69) is 0 Å². The van der Waals surface area contributed by atoms with Gasteiger partial charge in [-0.1, -0.05) is 30.3 Å². The van der Waals surface area contributed by atoms with Gasteiger partial charge in [-0.2, -0.15) is 0 Å². The number of amides is 2. The maximum atomic E-state index is 13.7. The molecule has 1 spiro atoms. The summed E-state index contributed by atoms with van der Waals surface area (Å²) in [6, 6.07) is 16.9. The zero-order valence-corrected chi connectivity index (χ0v) is 16.2. The average Bonchev–Trinajstić information content (AvgIpc) is 3.47. The summed E-state index contributed by atoms with van der Waals surface area (Å²) in [5.74, 6) is 0.0861. The van der Waals surface area contributed by atoms with E-state index in [1.54, 1.807) is 34.1 Å². The molecule has 29 heavy (non-hydrogen) atoms. The van der Waals surface area contributed by atoms with Crippen LogP contribution in [0.3, 0.4) is 0 Å². The smallest absolute Gasteiger partial charge is 0.291 e. The standard InChI is InChI=1S/C22H17FN2O3S/c23-16-9-7-15(8-10-16)14-24-18-5-2-1-4-17(18)22(21(24)27)25(11-13-29-22)20(26)19-6-3-12-28-19/h1-10,12H,11,13-14H2/t22-/m1/s1. The van der Waals surface area contributed by atoms with Crippen LogP contribution in [0, 0.1) is 5.82 Å². The van der Waals surface area contributed by atoms with Crippen LogP contribution >= 0.6 is 11.8 Å². The first-order valence-corrected chi connectivity index (χ1v) is 10.2. The maximum Gasteiger partial charge on any atom is 0.291 e. The molecule has 0 N–H and O–H groups in total. The summed E-state index contributed by atoms with van der Waals surface area (Å²) in [4.78, 5) is 29.1. The van der Waals surface area contributed by atoms with Gasteiger partial charge in [-0.05, 0) is 35.9 Å². The monoisotopic (exact) mass is 408 g/mol. The van der Waals surface area contributed by atoms with Crippen LogP contribution in [0.5, 0.6) is 0 Å². The molecule has 146 valence electrons. The minimum Gasteiger partial charge on any atom is -0.459 e. The molecule has 1 fully saturated rings. The molecule has 2 aromatic carbocycles. The minimum atomic E-state index is -1.11. The third kappa shape index (κ3) is 2.68. The van der Waals surface area contributed by atoms with Crippen molar-refractivity contribution in [2.24, 2.45) is 0 Å². The van der Waals surface area contributed by atoms with Crippen molar-refractivity contribution in [3.63, 3.8) is 0 Å². The third-order valence-electron chi connectivity index (χ3n) is 5.33. The summed E-state index contributed by atoms with van der Waals surface area (Å²) in [7, 11) is 0. The van der Waals surface area contributed by atoms with Crippen molar-refractivity contribution in [3.8, 4) is 0 Å². The second-order valence-electron chi connectivity index (χ2n) is 6.96. The quantitative estimate of drug-likeness (QED) is 0.657. The first-order chi connectivity index (χ1) is 14.1. The van der Waals surface area contributed by atoms with E-state index in [1.165, 1.54) is 30.2 Å². The maximum absolute atomic E-state index is 13.7. The molecule has 2 aliphatic rings. The second-order valence-corrected chi connectivity index (χ2v) is 8.25. The Morgan fingerprint density at radius 2 is 1.90 bits per heavy atom. The SMILES string of the molecule is O=C(c1ccco1)N1CCS[C@]12C(=O)N(Cc1ccc(F)cc1)c1ccccc12. The summed E-state index contributed by atoms with van der Waals surface area (Å²) >= 11 is 1.47. The fraction of sp³-hybridized carbons (Fsp3) is 0.182. The van der Waals surface area contributed by atoms with E-state index in [0.29, 0.717) is 18.8 Å². The van der Waals surface area contributed by atoms with E-state index < -0.39 is 4.87 Å². The molecule has 2 amide bonds. The highest BCUT2D eigenvalue weighted by Crippen LogP contribution is 2.54. The number of benzene rings is 2. The number of fused-ring (bicyclic) bond motifs is 2. The zero-order chi connectivity index (χ0) is 20.0. The Balaban J connectivity index is 1.57. The van der Waals surface area contributed by atoms with Gasteiger partial charge in [-0.15, -0.1) is 11.8 Å². The van der Waals surface area contributed by atoms with Crippen LogP contribution in [0.25, 0.3) is 0 Å². The molecular weight excluding hydrogens is 391 g/mol. The molecule has 5 nitrogen and oxygen atoms in total. The predicted octanol–water partition coefficient (Wildman–Crippen LogP) is 4.01. The highest BCUT2D eigenvalue weighted by molar-refractivity contribution is 8.01. The molecule has 2 aliphatic heterocycles. The number of rotatable bonds is 3. The van der Waals surface area contributed by atoms with Gasteiger partial charge < -0.3 is 14.2 Å². The molecule has 1 atom stereocenters. The normalized spacial score (nSPS) is 20.5. The van der Waals surface area contributed by atoms with Gasteiger partial charge in [0.25, 0.3) is 11.8 Å². The van der Waals surface area contributed by atoms with Crippen LogP contribution in [0.15, 0.2) is 71.3 Å². The summed E-state index contributed by atoms with van der Waals surface area (Å²) in [5, 5.41) is 0. The lowest BCUT2D eigenvalue weighted by Gasteiger charge is -2.32. The molecule has 7 heteroatoms. The number of para-hydroxylation sites is 1. The number of furan rings is 1. The van der Waals surface area contributed by atoms with Crippen LogP contribution in [0.1, 0.15) is 21.7 Å². The van der Waals surface area contributed by atoms with Crippen molar-refractivity contribution in [3.05, 3.63) is 89.6 Å². The first kappa shape index (κ1) is 18.0. The molecule has 0 aliphatic carbocycles. The van der Waals surface area contributed by atoms with E-state index in [9.17, 15) is 14.0 Å². The number of anilines is 1. The van der Waals surface area contributed by atoms with Crippen LogP contribution in [0.2, 0.25) is 0 Å². The van der Waals surface area contributed by atoms with Crippen molar-refractivity contribution < 1.29 is 18.4 Å². The topological polar surface area (TPSA) is 53.8 Å². The minimum absolute atomic E-state index is 0.162. The van der Waals surface area contributed by atoms with E-state index in [1.807, 2.05) is 24.3 Å². The highest BCUT2D eigenvalue weighted by atomic mass is 32.2. The number of hydrogen-bond donors (Lipinski definition) is 0. The summed E-state index contributed by atoms with van der Waals surface area (Å²) in [6.45, 7) is 0.760. The molecule has 5 rings (SSSR count). The van der Waals surface area contributed by atoms with Crippen LogP contribution < -0.4 is 4.90 Å². The zero-order valence-electron chi connectivity index (χ0n) is 15.4. The van der Waals surface area contributed by atoms with E-state index >= 15 is 0 Å². The van der Waals surface area contributed by atoms with Crippen LogP contribution in [-0.4, -0.2) is 29.0 Å². The van der Waals surface area contributed by atoms with Gasteiger partial charge in [0.05, 0.1) is 18.5 Å². The molecule has 0 saturated carbocycles. The van der Waals surface area contributed by atoms with Crippen LogP contribution in [0.4, 0.5) is 10.1 Å². The summed E-state index contributed by atoms with van der Waals surface area (Å²) in [5.41, 5.74) is 2.39. The van der Waals surface area contributed by atoms with Gasteiger partial charge in [0.2, 0.25) is 0 Å². The Labute approximate surface area is 171 Å². The van der Waals surface area contributed by atoms with Gasteiger partial charge in [0.15, 0.2) is 10.6 Å². The third-order valence-corrected chi connectivity index (χ3v) is 6.75. The second kappa shape index (κ2) is 6.77.